The Labute approximate surface area is 269 Å². The van der Waals surface area contributed by atoms with Gasteiger partial charge in [-0.05, 0) is 47.0 Å². The van der Waals surface area contributed by atoms with Crippen molar-refractivity contribution >= 4 is 29.8 Å². The second-order valence-electron chi connectivity index (χ2n) is 12.2. The van der Waals surface area contributed by atoms with Gasteiger partial charge in [0.2, 0.25) is 11.8 Å². The van der Waals surface area contributed by atoms with Gasteiger partial charge in [0.15, 0.2) is 6.10 Å². The number of hydrogen-bond donors (Lipinski definition) is 3. The van der Waals surface area contributed by atoms with Crippen LogP contribution in [0.4, 0.5) is 4.79 Å². The van der Waals surface area contributed by atoms with Crippen LogP contribution in [0.5, 0.6) is 0 Å². The SMILES string of the molecule is COCCOC(=O)C(C)OC(=O)CCC(=O)NCCNCC(=O)NC(=O)O[C@H]1CC[C@]2(CO2)[C@@H]([C@@]2(C)O[C@@H]2CC=C(C)C)[C@@H]1OC. The van der Waals surface area contributed by atoms with Crippen LogP contribution in [0.3, 0.4) is 0 Å². The van der Waals surface area contributed by atoms with E-state index in [4.69, 9.17) is 33.2 Å². The lowest BCUT2D eigenvalue weighted by atomic mass is 9.68. The van der Waals surface area contributed by atoms with E-state index in [1.807, 2.05) is 13.8 Å². The van der Waals surface area contributed by atoms with Crippen molar-refractivity contribution in [3.63, 3.8) is 0 Å². The van der Waals surface area contributed by atoms with Gasteiger partial charge < -0.3 is 43.8 Å². The van der Waals surface area contributed by atoms with Gasteiger partial charge in [0, 0.05) is 33.7 Å². The van der Waals surface area contributed by atoms with Gasteiger partial charge in [0.1, 0.15) is 30.0 Å². The maximum absolute atomic E-state index is 12.6. The van der Waals surface area contributed by atoms with Crippen LogP contribution in [0, 0.1) is 5.92 Å². The van der Waals surface area contributed by atoms with Crippen molar-refractivity contribution in [2.24, 2.45) is 5.92 Å². The number of imide groups is 1. The van der Waals surface area contributed by atoms with Crippen LogP contribution in [0.1, 0.15) is 59.8 Å². The molecule has 15 heteroatoms. The summed E-state index contributed by atoms with van der Waals surface area (Å²) in [4.78, 5) is 60.6. The average molecular weight is 656 g/mol. The molecule has 1 aliphatic carbocycles. The zero-order chi connectivity index (χ0) is 33.9. The highest BCUT2D eigenvalue weighted by atomic mass is 16.6. The van der Waals surface area contributed by atoms with Gasteiger partial charge in [-0.25, -0.2) is 9.59 Å². The zero-order valence-electron chi connectivity index (χ0n) is 27.6. The summed E-state index contributed by atoms with van der Waals surface area (Å²) < 4.78 is 38.2. The van der Waals surface area contributed by atoms with Crippen LogP contribution in [-0.2, 0) is 52.3 Å². The Balaban J connectivity index is 1.31. The molecule has 2 heterocycles. The first-order valence-corrected chi connectivity index (χ1v) is 15.7. The lowest BCUT2D eigenvalue weighted by Gasteiger charge is -2.42. The lowest BCUT2D eigenvalue weighted by Crippen LogP contribution is -2.56. The first kappa shape index (κ1) is 37.3. The third-order valence-electron chi connectivity index (χ3n) is 8.37. The summed E-state index contributed by atoms with van der Waals surface area (Å²) in [5, 5.41) is 7.65. The molecule has 3 amide bonds. The molecule has 1 unspecified atom stereocenters. The van der Waals surface area contributed by atoms with Crippen molar-refractivity contribution in [1.29, 1.82) is 0 Å². The fourth-order valence-electron chi connectivity index (χ4n) is 5.84. The van der Waals surface area contributed by atoms with E-state index in [0.29, 0.717) is 19.4 Å². The Morgan fingerprint density at radius 1 is 1.04 bits per heavy atom. The highest BCUT2D eigenvalue weighted by Gasteiger charge is 2.72. The van der Waals surface area contributed by atoms with Crippen molar-refractivity contribution in [3.8, 4) is 0 Å². The Kier molecular flexibility index (Phi) is 13.9. The number of carbonyl (C=O) groups excluding carboxylic acids is 5. The molecule has 0 radical (unpaired) electrons. The summed E-state index contributed by atoms with van der Waals surface area (Å²) in [6.45, 7) is 8.60. The first-order valence-electron chi connectivity index (χ1n) is 15.7. The first-order chi connectivity index (χ1) is 21.8. The normalized spacial score (nSPS) is 28.4. The molecule has 3 aliphatic rings. The molecule has 2 saturated heterocycles. The fourth-order valence-corrected chi connectivity index (χ4v) is 5.84. The van der Waals surface area contributed by atoms with Crippen LogP contribution >= 0.6 is 0 Å². The van der Waals surface area contributed by atoms with Crippen molar-refractivity contribution in [3.05, 3.63) is 11.6 Å². The smallest absolute Gasteiger partial charge is 0.414 e. The van der Waals surface area contributed by atoms with E-state index in [1.165, 1.54) is 19.6 Å². The number of epoxide rings is 2. The van der Waals surface area contributed by atoms with Crippen LogP contribution in [0.2, 0.25) is 0 Å². The van der Waals surface area contributed by atoms with E-state index in [9.17, 15) is 24.0 Å². The number of rotatable bonds is 18. The molecule has 3 fully saturated rings. The zero-order valence-corrected chi connectivity index (χ0v) is 27.6. The van der Waals surface area contributed by atoms with Gasteiger partial charge in [-0.1, -0.05) is 11.6 Å². The lowest BCUT2D eigenvalue weighted by molar-refractivity contribution is -0.167. The van der Waals surface area contributed by atoms with Crippen molar-refractivity contribution in [2.45, 2.75) is 95.4 Å². The predicted molar refractivity (Wildman–Crippen MR) is 161 cm³/mol. The molecule has 3 rings (SSSR count). The molecule has 0 aromatic carbocycles. The largest absolute Gasteiger partial charge is 0.461 e. The number of hydrogen-bond acceptors (Lipinski definition) is 13. The Morgan fingerprint density at radius 2 is 1.78 bits per heavy atom. The van der Waals surface area contributed by atoms with E-state index >= 15 is 0 Å². The van der Waals surface area contributed by atoms with Crippen molar-refractivity contribution < 1.29 is 57.1 Å². The number of nitrogens with one attached hydrogen (secondary N) is 3. The molecule has 7 atom stereocenters. The minimum Gasteiger partial charge on any atom is -0.461 e. The molecule has 0 aromatic rings. The Morgan fingerprint density at radius 3 is 2.43 bits per heavy atom. The fraction of sp³-hybridized carbons (Fsp3) is 0.774. The van der Waals surface area contributed by atoms with E-state index in [0.717, 1.165) is 6.42 Å². The summed E-state index contributed by atoms with van der Waals surface area (Å²) in [6.07, 6.45) is 0.782. The maximum Gasteiger partial charge on any atom is 0.414 e. The van der Waals surface area contributed by atoms with Crippen LogP contribution in [0.25, 0.3) is 0 Å². The van der Waals surface area contributed by atoms with Crippen LogP contribution < -0.4 is 16.0 Å². The van der Waals surface area contributed by atoms with Gasteiger partial charge in [-0.15, -0.1) is 0 Å². The molecule has 260 valence electrons. The monoisotopic (exact) mass is 655 g/mol. The molecule has 3 N–H and O–H groups in total. The van der Waals surface area contributed by atoms with Gasteiger partial charge in [0.05, 0.1) is 38.2 Å². The summed E-state index contributed by atoms with van der Waals surface area (Å²) in [5.41, 5.74) is 0.381. The van der Waals surface area contributed by atoms with Gasteiger partial charge in [-0.2, -0.15) is 0 Å². The van der Waals surface area contributed by atoms with Gasteiger partial charge >= 0.3 is 18.0 Å². The molecule has 1 saturated carbocycles. The third-order valence-corrected chi connectivity index (χ3v) is 8.37. The van der Waals surface area contributed by atoms with Crippen molar-refractivity contribution in [1.82, 2.24) is 16.0 Å². The van der Waals surface area contributed by atoms with E-state index in [1.54, 1.807) is 7.11 Å². The minimum absolute atomic E-state index is 0.0189. The Bertz CT molecular complexity index is 1120. The van der Waals surface area contributed by atoms with Crippen LogP contribution in [0.15, 0.2) is 11.6 Å². The molecular formula is C31H49N3O12. The topological polar surface area (TPSA) is 193 Å². The second-order valence-corrected chi connectivity index (χ2v) is 12.2. The van der Waals surface area contributed by atoms with Crippen LogP contribution in [-0.4, -0.2) is 119 Å². The van der Waals surface area contributed by atoms with E-state index in [-0.39, 0.29) is 63.3 Å². The number of alkyl carbamates (subject to hydrolysis) is 1. The maximum atomic E-state index is 12.6. The molecule has 0 aromatic heterocycles. The van der Waals surface area contributed by atoms with Crippen molar-refractivity contribution in [2.75, 3.05) is 53.7 Å². The molecule has 46 heavy (non-hydrogen) atoms. The standard InChI is InChI=1S/C31H49N3O12/c1-19(2)7-8-22-30(4,46-22)27-26(41-6)21(11-12-31(27)18-43-31)45-29(39)34-24(36)17-32-13-14-33-23(35)9-10-25(37)44-20(3)28(38)42-16-15-40-5/h7,20-22,26-27,32H,8-18H2,1-6H3,(H,33,35)(H,34,36,39)/t20?,21-,22+,26+,27+,30-,31-/m0/s1. The minimum atomic E-state index is -1.10. The Hall–Kier alpha value is -3.11. The second kappa shape index (κ2) is 17.2. The summed E-state index contributed by atoms with van der Waals surface area (Å²) in [7, 11) is 3.04. The predicted octanol–water partition coefficient (Wildman–Crippen LogP) is 0.923. The molecule has 15 nitrogen and oxygen atoms in total. The highest BCUT2D eigenvalue weighted by molar-refractivity contribution is 5.92. The molecule has 2 aliphatic heterocycles. The number of amides is 3. The molecule has 1 spiro atoms. The van der Waals surface area contributed by atoms with E-state index in [2.05, 4.69) is 29.0 Å². The summed E-state index contributed by atoms with van der Waals surface area (Å²) in [5.74, 6) is -2.57. The summed E-state index contributed by atoms with van der Waals surface area (Å²) in [6, 6.07) is 0. The number of carbonyl (C=O) groups is 5. The molecular weight excluding hydrogens is 606 g/mol. The van der Waals surface area contributed by atoms with Gasteiger partial charge in [-0.3, -0.25) is 19.7 Å². The van der Waals surface area contributed by atoms with Gasteiger partial charge in [0.25, 0.3) is 0 Å². The summed E-state index contributed by atoms with van der Waals surface area (Å²) >= 11 is 0. The van der Waals surface area contributed by atoms with E-state index < -0.39 is 53.8 Å². The quantitative estimate of drug-likeness (QED) is 0.0621. The number of ether oxygens (including phenoxy) is 7. The average Bonchev–Trinajstić information content (AvgIpc) is 3.92. The number of esters is 2. The molecule has 0 bridgehead atoms. The number of allylic oxidation sites excluding steroid dienone is 1. The highest BCUT2D eigenvalue weighted by Crippen LogP contribution is 2.59. The third kappa shape index (κ3) is 10.7. The number of methoxy groups -OCH3 is 2.